The van der Waals surface area contributed by atoms with Crippen molar-refractivity contribution in [1.29, 1.82) is 0 Å². The van der Waals surface area contributed by atoms with E-state index in [0.29, 0.717) is 13.2 Å². The summed E-state index contributed by atoms with van der Waals surface area (Å²) in [6, 6.07) is 0. The van der Waals surface area contributed by atoms with E-state index in [0.717, 1.165) is 24.6 Å². The first kappa shape index (κ1) is 14.8. The Morgan fingerprint density at radius 3 is 2.53 bits per heavy atom. The van der Waals surface area contributed by atoms with Crippen molar-refractivity contribution in [1.82, 2.24) is 5.32 Å². The topological polar surface area (TPSA) is 30.5 Å². The zero-order valence-electron chi connectivity index (χ0n) is 9.62. The Labute approximate surface area is 97.3 Å². The van der Waals surface area contributed by atoms with Crippen molar-refractivity contribution >= 4 is 11.8 Å². The van der Waals surface area contributed by atoms with Gasteiger partial charge in [0, 0.05) is 32.1 Å². The van der Waals surface area contributed by atoms with Gasteiger partial charge in [-0.3, -0.25) is 0 Å². The van der Waals surface area contributed by atoms with Gasteiger partial charge in [-0.15, -0.1) is 18.2 Å². The molecular weight excluding hydrogens is 210 g/mol. The molecule has 0 radical (unpaired) electrons. The fourth-order valence-electron chi connectivity index (χ4n) is 1.03. The third kappa shape index (κ3) is 10.1. The summed E-state index contributed by atoms with van der Waals surface area (Å²) in [6.07, 6.45) is 5.01. The van der Waals surface area contributed by atoms with E-state index in [4.69, 9.17) is 15.9 Å². The number of terminal acetylenes is 1. The SMILES string of the molecule is C#CCSCCNCC(OCC)OCC. The molecule has 0 atom stereocenters. The van der Waals surface area contributed by atoms with Crippen LogP contribution in [0, 0.1) is 12.3 Å². The van der Waals surface area contributed by atoms with Gasteiger partial charge in [-0.05, 0) is 13.8 Å². The lowest BCUT2D eigenvalue weighted by Gasteiger charge is -2.17. The molecule has 3 nitrogen and oxygen atoms in total. The van der Waals surface area contributed by atoms with Crippen LogP contribution in [0.1, 0.15) is 13.8 Å². The van der Waals surface area contributed by atoms with Crippen molar-refractivity contribution < 1.29 is 9.47 Å². The van der Waals surface area contributed by atoms with Crippen molar-refractivity contribution in [3.05, 3.63) is 0 Å². The summed E-state index contributed by atoms with van der Waals surface area (Å²) in [5, 5.41) is 3.27. The number of rotatable bonds is 10. The number of ether oxygens (including phenoxy) is 2. The number of hydrogen-bond donors (Lipinski definition) is 1. The summed E-state index contributed by atoms with van der Waals surface area (Å²) >= 11 is 1.75. The van der Waals surface area contributed by atoms with Crippen LogP contribution >= 0.6 is 11.8 Å². The van der Waals surface area contributed by atoms with Gasteiger partial charge in [-0.1, -0.05) is 5.92 Å². The van der Waals surface area contributed by atoms with Crippen LogP contribution in [0.3, 0.4) is 0 Å². The lowest BCUT2D eigenvalue weighted by Crippen LogP contribution is -2.32. The summed E-state index contributed by atoms with van der Waals surface area (Å²) in [5.41, 5.74) is 0. The summed E-state index contributed by atoms with van der Waals surface area (Å²) in [5.74, 6) is 4.40. The van der Waals surface area contributed by atoms with Gasteiger partial charge in [-0.2, -0.15) is 0 Å². The van der Waals surface area contributed by atoms with Crippen LogP contribution in [-0.2, 0) is 9.47 Å². The Morgan fingerprint density at radius 2 is 2.00 bits per heavy atom. The first-order valence-electron chi connectivity index (χ1n) is 5.30. The standard InChI is InChI=1S/C11H21NO2S/c1-4-8-15-9-7-12-10-11(13-5-2)14-6-3/h1,11-12H,5-10H2,2-3H3. The fourth-order valence-corrected chi connectivity index (χ4v) is 1.58. The van der Waals surface area contributed by atoms with Gasteiger partial charge in [-0.25, -0.2) is 0 Å². The molecule has 15 heavy (non-hydrogen) atoms. The van der Waals surface area contributed by atoms with Gasteiger partial charge < -0.3 is 14.8 Å². The molecule has 0 spiro atoms. The normalized spacial score (nSPS) is 10.5. The monoisotopic (exact) mass is 231 g/mol. The number of thioether (sulfide) groups is 1. The zero-order chi connectivity index (χ0) is 11.4. The zero-order valence-corrected chi connectivity index (χ0v) is 10.4. The molecule has 0 rings (SSSR count). The Morgan fingerprint density at radius 1 is 1.33 bits per heavy atom. The quantitative estimate of drug-likeness (QED) is 0.349. The van der Waals surface area contributed by atoms with Gasteiger partial charge in [0.2, 0.25) is 0 Å². The minimum absolute atomic E-state index is 0.127. The molecule has 0 aliphatic rings. The van der Waals surface area contributed by atoms with E-state index >= 15 is 0 Å². The van der Waals surface area contributed by atoms with Crippen LogP contribution in [-0.4, -0.2) is 44.1 Å². The lowest BCUT2D eigenvalue weighted by molar-refractivity contribution is -0.132. The van der Waals surface area contributed by atoms with E-state index in [9.17, 15) is 0 Å². The average Bonchev–Trinajstić information content (AvgIpc) is 2.24. The molecule has 0 heterocycles. The fraction of sp³-hybridized carbons (Fsp3) is 0.818. The second kappa shape index (κ2) is 11.9. The van der Waals surface area contributed by atoms with Crippen LogP contribution in [0.15, 0.2) is 0 Å². The highest BCUT2D eigenvalue weighted by Crippen LogP contribution is 1.96. The molecule has 0 aliphatic carbocycles. The maximum absolute atomic E-state index is 5.39. The molecule has 0 amide bonds. The Kier molecular flexibility index (Phi) is 11.7. The Hall–Kier alpha value is -0.210. The largest absolute Gasteiger partial charge is 0.352 e. The summed E-state index contributed by atoms with van der Waals surface area (Å²) in [7, 11) is 0. The highest BCUT2D eigenvalue weighted by atomic mass is 32.2. The van der Waals surface area contributed by atoms with Gasteiger partial charge >= 0.3 is 0 Å². The highest BCUT2D eigenvalue weighted by molar-refractivity contribution is 7.99. The second-order valence-electron chi connectivity index (χ2n) is 2.80. The van der Waals surface area contributed by atoms with Gasteiger partial charge in [0.15, 0.2) is 6.29 Å². The van der Waals surface area contributed by atoms with E-state index in [1.54, 1.807) is 11.8 Å². The van der Waals surface area contributed by atoms with Gasteiger partial charge in [0.1, 0.15) is 0 Å². The predicted molar refractivity (Wildman–Crippen MR) is 66.1 cm³/mol. The van der Waals surface area contributed by atoms with Crippen LogP contribution < -0.4 is 5.32 Å². The van der Waals surface area contributed by atoms with Crippen molar-refractivity contribution in [2.45, 2.75) is 20.1 Å². The van der Waals surface area contributed by atoms with Crippen LogP contribution in [0.25, 0.3) is 0 Å². The molecule has 0 saturated carbocycles. The van der Waals surface area contributed by atoms with Gasteiger partial charge in [0.05, 0.1) is 5.75 Å². The smallest absolute Gasteiger partial charge is 0.169 e. The molecule has 0 aromatic carbocycles. The summed E-state index contributed by atoms with van der Waals surface area (Å²) in [6.45, 7) is 6.96. The lowest BCUT2D eigenvalue weighted by atomic mass is 10.5. The molecule has 4 heteroatoms. The van der Waals surface area contributed by atoms with E-state index in [-0.39, 0.29) is 6.29 Å². The Balaban J connectivity index is 3.32. The molecule has 0 aromatic rings. The molecule has 0 unspecified atom stereocenters. The predicted octanol–water partition coefficient (Wildman–Crippen LogP) is 1.34. The Bertz CT molecular complexity index is 164. The highest BCUT2D eigenvalue weighted by Gasteiger charge is 2.05. The first-order chi connectivity index (χ1) is 7.35. The van der Waals surface area contributed by atoms with Crippen molar-refractivity contribution in [2.75, 3.05) is 37.8 Å². The van der Waals surface area contributed by atoms with Crippen LogP contribution in [0.5, 0.6) is 0 Å². The molecule has 0 bridgehead atoms. The third-order valence-corrected chi connectivity index (χ3v) is 2.49. The minimum Gasteiger partial charge on any atom is -0.352 e. The van der Waals surface area contributed by atoms with E-state index in [1.807, 2.05) is 13.8 Å². The van der Waals surface area contributed by atoms with E-state index in [1.165, 1.54) is 0 Å². The number of nitrogens with one attached hydrogen (secondary N) is 1. The third-order valence-electron chi connectivity index (χ3n) is 1.62. The maximum atomic E-state index is 5.39. The van der Waals surface area contributed by atoms with Crippen LogP contribution in [0.2, 0.25) is 0 Å². The molecule has 0 fully saturated rings. The van der Waals surface area contributed by atoms with E-state index < -0.39 is 0 Å². The minimum atomic E-state index is -0.127. The van der Waals surface area contributed by atoms with Gasteiger partial charge in [0.25, 0.3) is 0 Å². The maximum Gasteiger partial charge on any atom is 0.169 e. The molecular formula is C11H21NO2S. The molecule has 0 saturated heterocycles. The second-order valence-corrected chi connectivity index (χ2v) is 3.91. The summed E-state index contributed by atoms with van der Waals surface area (Å²) < 4.78 is 10.8. The van der Waals surface area contributed by atoms with Crippen molar-refractivity contribution in [2.24, 2.45) is 0 Å². The van der Waals surface area contributed by atoms with E-state index in [2.05, 4.69) is 11.2 Å². The summed E-state index contributed by atoms with van der Waals surface area (Å²) in [4.78, 5) is 0. The average molecular weight is 231 g/mol. The molecule has 1 N–H and O–H groups in total. The molecule has 88 valence electrons. The first-order valence-corrected chi connectivity index (χ1v) is 6.45. The van der Waals surface area contributed by atoms with Crippen molar-refractivity contribution in [3.8, 4) is 12.3 Å². The molecule has 0 aliphatic heterocycles. The number of hydrogen-bond acceptors (Lipinski definition) is 4. The molecule has 0 aromatic heterocycles. The van der Waals surface area contributed by atoms with Crippen LogP contribution in [0.4, 0.5) is 0 Å². The van der Waals surface area contributed by atoms with Crippen molar-refractivity contribution in [3.63, 3.8) is 0 Å².